The smallest absolute Gasteiger partial charge is 0.403 e. The molecule has 1 saturated heterocycles. The summed E-state index contributed by atoms with van der Waals surface area (Å²) in [5, 5.41) is 30.5. The van der Waals surface area contributed by atoms with E-state index in [1.54, 1.807) is 0 Å². The van der Waals surface area contributed by atoms with Crippen molar-refractivity contribution in [2.75, 3.05) is 6.61 Å². The van der Waals surface area contributed by atoms with Gasteiger partial charge in [0, 0.05) is 24.4 Å². The van der Waals surface area contributed by atoms with E-state index in [-0.39, 0.29) is 11.4 Å². The first-order chi connectivity index (χ1) is 14.6. The monoisotopic (exact) mass is 461 g/mol. The van der Waals surface area contributed by atoms with E-state index in [1.807, 2.05) is 4.98 Å². The molecule has 2 aromatic rings. The Morgan fingerprint density at radius 3 is 2.52 bits per heavy atom. The Labute approximate surface area is 171 Å². The number of nitrogens with zero attached hydrogens (tertiary/aromatic N) is 2. The van der Waals surface area contributed by atoms with Crippen LogP contribution in [0.25, 0.3) is 0 Å². The van der Waals surface area contributed by atoms with Gasteiger partial charge in [-0.15, -0.1) is 4.67 Å². The molecule has 0 bridgehead atoms. The molecule has 0 saturated carbocycles. The normalized spacial score (nSPS) is 25.1. The Hall–Kier alpha value is -2.91. The SMILES string of the molecule is O=c1ccn([C@@H]2O[C@H](CO)[C@@H](OOP(=O)(O)Oc3ccc([N+](=O)[O-])cc3)[C@H]2O)c(=O)[nH]1. The molecular formula is C15H16N3O12P. The molecule has 3 rings (SSSR count). The van der Waals surface area contributed by atoms with Crippen LogP contribution in [0, 0.1) is 10.1 Å². The molecule has 168 valence electrons. The van der Waals surface area contributed by atoms with E-state index in [2.05, 4.69) is 4.67 Å². The highest BCUT2D eigenvalue weighted by Crippen LogP contribution is 2.45. The molecule has 2 heterocycles. The highest BCUT2D eigenvalue weighted by molar-refractivity contribution is 7.47. The molecule has 4 N–H and O–H groups in total. The van der Waals surface area contributed by atoms with Crippen molar-refractivity contribution in [3.05, 3.63) is 67.5 Å². The van der Waals surface area contributed by atoms with Crippen LogP contribution >= 0.6 is 7.82 Å². The summed E-state index contributed by atoms with van der Waals surface area (Å²) in [6.07, 6.45) is -4.85. The number of aromatic nitrogens is 2. The molecule has 5 atom stereocenters. The van der Waals surface area contributed by atoms with Crippen LogP contribution in [0.15, 0.2) is 46.1 Å². The Morgan fingerprint density at radius 1 is 1.26 bits per heavy atom. The molecule has 16 heteroatoms. The van der Waals surface area contributed by atoms with Gasteiger partial charge in [0.1, 0.15) is 18.0 Å². The zero-order valence-corrected chi connectivity index (χ0v) is 16.2. The second-order valence-corrected chi connectivity index (χ2v) is 7.47. The van der Waals surface area contributed by atoms with Crippen LogP contribution < -0.4 is 15.8 Å². The number of nitro groups is 1. The average Bonchev–Trinajstić information content (AvgIpc) is 3.02. The van der Waals surface area contributed by atoms with Crippen molar-refractivity contribution in [3.63, 3.8) is 0 Å². The van der Waals surface area contributed by atoms with Crippen LogP contribution in [0.4, 0.5) is 5.69 Å². The predicted octanol–water partition coefficient (Wildman–Crippen LogP) is -0.808. The maximum Gasteiger partial charge on any atom is 0.555 e. The Morgan fingerprint density at radius 2 is 1.94 bits per heavy atom. The molecular weight excluding hydrogens is 445 g/mol. The van der Waals surface area contributed by atoms with Gasteiger partial charge < -0.3 is 19.5 Å². The van der Waals surface area contributed by atoms with Crippen molar-refractivity contribution < 1.29 is 43.4 Å². The summed E-state index contributed by atoms with van der Waals surface area (Å²) in [6, 6.07) is 5.15. The molecule has 1 aromatic heterocycles. The fourth-order valence-electron chi connectivity index (χ4n) is 2.72. The molecule has 0 amide bonds. The van der Waals surface area contributed by atoms with Gasteiger partial charge in [0.25, 0.3) is 11.2 Å². The third-order valence-corrected chi connectivity index (χ3v) is 4.85. The predicted molar refractivity (Wildman–Crippen MR) is 97.8 cm³/mol. The number of hydrogen-bond acceptors (Lipinski definition) is 11. The van der Waals surface area contributed by atoms with Crippen LogP contribution in [-0.2, 0) is 18.9 Å². The number of nitro benzene ring substituents is 1. The van der Waals surface area contributed by atoms with E-state index in [0.29, 0.717) is 0 Å². The molecule has 15 nitrogen and oxygen atoms in total. The third-order valence-electron chi connectivity index (χ3n) is 4.13. The molecule has 0 radical (unpaired) electrons. The number of benzene rings is 1. The number of hydrogen-bond donors (Lipinski definition) is 4. The average molecular weight is 461 g/mol. The zero-order valence-electron chi connectivity index (χ0n) is 15.3. The summed E-state index contributed by atoms with van der Waals surface area (Å²) in [7, 11) is -4.93. The fourth-order valence-corrected chi connectivity index (χ4v) is 3.35. The second kappa shape index (κ2) is 9.07. The van der Waals surface area contributed by atoms with Gasteiger partial charge in [-0.1, -0.05) is 0 Å². The number of rotatable bonds is 8. The standard InChI is InChI=1S/C15H16N3O12P/c19-7-10-13(12(21)14(27-10)17-6-5-11(20)16-15(17)22)28-30-31(25,26)29-9-3-1-8(2-4-9)18(23)24/h1-6,10,12-14,19,21H,7H2,(H,25,26)(H,16,20,22)/t10-,12-,13-,14-/m1/s1. The van der Waals surface area contributed by atoms with Crippen LogP contribution in [0.1, 0.15) is 6.23 Å². The van der Waals surface area contributed by atoms with E-state index in [1.165, 1.54) is 0 Å². The van der Waals surface area contributed by atoms with E-state index in [0.717, 1.165) is 41.1 Å². The molecule has 1 aliphatic rings. The number of H-pyrrole nitrogens is 1. The first-order valence-electron chi connectivity index (χ1n) is 8.49. The molecule has 31 heavy (non-hydrogen) atoms. The summed E-state index contributed by atoms with van der Waals surface area (Å²) in [5.74, 6) is -0.250. The minimum absolute atomic E-state index is 0.250. The highest BCUT2D eigenvalue weighted by Gasteiger charge is 2.47. The number of aliphatic hydroxyl groups is 2. The number of non-ortho nitro benzene ring substituents is 1. The lowest BCUT2D eigenvalue weighted by Crippen LogP contribution is -2.39. The van der Waals surface area contributed by atoms with Crippen LogP contribution in [0.5, 0.6) is 5.75 Å². The van der Waals surface area contributed by atoms with Crippen LogP contribution in [0.2, 0.25) is 0 Å². The van der Waals surface area contributed by atoms with Gasteiger partial charge >= 0.3 is 13.5 Å². The lowest BCUT2D eigenvalue weighted by atomic mass is 10.1. The minimum atomic E-state index is -4.93. The largest absolute Gasteiger partial charge is 0.555 e. The van der Waals surface area contributed by atoms with Crippen molar-refractivity contribution in [2.45, 2.75) is 24.5 Å². The van der Waals surface area contributed by atoms with E-state index in [9.17, 15) is 39.4 Å². The van der Waals surface area contributed by atoms with Gasteiger partial charge in [-0.3, -0.25) is 29.4 Å². The topological polar surface area (TPSA) is 213 Å². The second-order valence-electron chi connectivity index (χ2n) is 6.20. The number of phosphoric ester groups is 1. The molecule has 0 spiro atoms. The quantitative estimate of drug-likeness (QED) is 0.164. The van der Waals surface area contributed by atoms with Crippen molar-refractivity contribution in [2.24, 2.45) is 0 Å². The van der Waals surface area contributed by atoms with Gasteiger partial charge in [-0.25, -0.2) is 14.2 Å². The molecule has 1 aromatic carbocycles. The van der Waals surface area contributed by atoms with Gasteiger partial charge in [0.15, 0.2) is 12.3 Å². The number of phosphoric acid groups is 1. The van der Waals surface area contributed by atoms with E-state index in [4.69, 9.17) is 14.1 Å². The first kappa shape index (κ1) is 22.8. The molecule has 0 aliphatic carbocycles. The summed E-state index contributed by atoms with van der Waals surface area (Å²) >= 11 is 0. The van der Waals surface area contributed by atoms with E-state index >= 15 is 0 Å². The van der Waals surface area contributed by atoms with Gasteiger partial charge in [0.05, 0.1) is 11.5 Å². The summed E-state index contributed by atoms with van der Waals surface area (Å²) in [5.41, 5.74) is -1.88. The molecule has 1 unspecified atom stereocenters. The number of nitrogens with one attached hydrogen (secondary N) is 1. The fraction of sp³-hybridized carbons (Fsp3) is 0.333. The maximum atomic E-state index is 12.1. The Balaban J connectivity index is 1.68. The molecule has 1 aliphatic heterocycles. The van der Waals surface area contributed by atoms with Crippen molar-refractivity contribution in [3.8, 4) is 5.75 Å². The highest BCUT2D eigenvalue weighted by atomic mass is 31.2. The summed E-state index contributed by atoms with van der Waals surface area (Å²) in [4.78, 5) is 49.5. The Kier molecular flexibility index (Phi) is 6.66. The van der Waals surface area contributed by atoms with Gasteiger partial charge in [-0.2, -0.15) is 0 Å². The Bertz CT molecular complexity index is 1100. The van der Waals surface area contributed by atoms with Crippen molar-refractivity contribution in [1.29, 1.82) is 0 Å². The van der Waals surface area contributed by atoms with Crippen LogP contribution in [-0.4, -0.2) is 54.5 Å². The van der Waals surface area contributed by atoms with Crippen molar-refractivity contribution >= 4 is 13.5 Å². The van der Waals surface area contributed by atoms with Gasteiger partial charge in [-0.05, 0) is 12.1 Å². The maximum absolute atomic E-state index is 12.1. The first-order valence-corrected chi connectivity index (χ1v) is 9.98. The number of aromatic amines is 1. The van der Waals surface area contributed by atoms with Crippen molar-refractivity contribution in [1.82, 2.24) is 9.55 Å². The zero-order chi connectivity index (χ0) is 22.8. The number of ether oxygens (including phenoxy) is 1. The summed E-state index contributed by atoms with van der Waals surface area (Å²) < 4.78 is 27.3. The number of aliphatic hydroxyl groups excluding tert-OH is 2. The summed E-state index contributed by atoms with van der Waals surface area (Å²) in [6.45, 7) is -0.724. The molecule has 1 fully saturated rings. The third kappa shape index (κ3) is 5.23. The lowest BCUT2D eigenvalue weighted by molar-refractivity contribution is -0.384. The minimum Gasteiger partial charge on any atom is -0.403 e. The van der Waals surface area contributed by atoms with Crippen LogP contribution in [0.3, 0.4) is 0 Å². The van der Waals surface area contributed by atoms with Gasteiger partial charge in [0.2, 0.25) is 0 Å². The van der Waals surface area contributed by atoms with E-state index < -0.39 is 55.1 Å². The lowest BCUT2D eigenvalue weighted by Gasteiger charge is -2.20.